The number of methoxy groups -OCH3 is 1. The molecule has 0 radical (unpaired) electrons. The van der Waals surface area contributed by atoms with Crippen LogP contribution >= 0.6 is 0 Å². The molecule has 2 aromatic rings. The Morgan fingerprint density at radius 1 is 0.893 bits per heavy atom. The number of nitrogens with zero attached hydrogens (tertiary/aromatic N) is 2. The van der Waals surface area contributed by atoms with Crippen LogP contribution < -0.4 is 19.9 Å². The zero-order valence-electron chi connectivity index (χ0n) is 17.1. The number of amides is 1. The molecule has 28 heavy (non-hydrogen) atoms. The maximum Gasteiger partial charge on any atom is 0.227 e. The fourth-order valence-corrected chi connectivity index (χ4v) is 3.68. The second-order valence-electron chi connectivity index (χ2n) is 7.22. The van der Waals surface area contributed by atoms with E-state index in [0.717, 1.165) is 50.5 Å². The van der Waals surface area contributed by atoms with Crippen molar-refractivity contribution >= 4 is 23.0 Å². The summed E-state index contributed by atoms with van der Waals surface area (Å²) in [6.07, 6.45) is 1.75. The normalized spacial score (nSPS) is 14.3. The molecule has 2 aromatic carbocycles. The molecule has 1 aliphatic rings. The molecule has 150 valence electrons. The van der Waals surface area contributed by atoms with Gasteiger partial charge < -0.3 is 19.9 Å². The van der Waals surface area contributed by atoms with Gasteiger partial charge in [0, 0.05) is 49.2 Å². The van der Waals surface area contributed by atoms with Crippen molar-refractivity contribution in [1.82, 2.24) is 0 Å². The number of piperazine rings is 1. The van der Waals surface area contributed by atoms with Crippen LogP contribution in [-0.4, -0.2) is 39.2 Å². The summed E-state index contributed by atoms with van der Waals surface area (Å²) >= 11 is 0. The summed E-state index contributed by atoms with van der Waals surface area (Å²) in [5.74, 6) is 1.09. The van der Waals surface area contributed by atoms with E-state index in [1.807, 2.05) is 24.3 Å². The number of hydrogen-bond acceptors (Lipinski definition) is 4. The van der Waals surface area contributed by atoms with E-state index in [0.29, 0.717) is 0 Å². The lowest BCUT2D eigenvalue weighted by Gasteiger charge is -2.37. The second kappa shape index (κ2) is 9.49. The van der Waals surface area contributed by atoms with Gasteiger partial charge in [-0.25, -0.2) is 0 Å². The second-order valence-corrected chi connectivity index (χ2v) is 7.22. The van der Waals surface area contributed by atoms with E-state index < -0.39 is 0 Å². The molecule has 1 aliphatic heterocycles. The van der Waals surface area contributed by atoms with Crippen molar-refractivity contribution in [3.8, 4) is 5.75 Å². The standard InChI is InChI=1S/C23H31N3O2/c1-4-18(5-2)23(27)24-19-6-8-20(9-7-19)25-14-16-26(17-15-25)21-10-12-22(28-3)13-11-21/h6-13,18H,4-5,14-17H2,1-3H3,(H,24,27). The van der Waals surface area contributed by atoms with Crippen LogP contribution in [-0.2, 0) is 4.79 Å². The lowest BCUT2D eigenvalue weighted by molar-refractivity contribution is -0.120. The predicted octanol–water partition coefficient (Wildman–Crippen LogP) is 4.40. The number of nitrogens with one attached hydrogen (secondary N) is 1. The first-order chi connectivity index (χ1) is 13.6. The molecule has 0 bridgehead atoms. The maximum absolute atomic E-state index is 12.2. The topological polar surface area (TPSA) is 44.8 Å². The fraction of sp³-hybridized carbons (Fsp3) is 0.435. The zero-order valence-corrected chi connectivity index (χ0v) is 17.1. The Kier molecular flexibility index (Phi) is 6.80. The minimum atomic E-state index is 0.0886. The van der Waals surface area contributed by atoms with Crippen LogP contribution in [0.3, 0.4) is 0 Å². The molecule has 1 amide bonds. The Labute approximate surface area is 168 Å². The number of carbonyl (C=O) groups is 1. The van der Waals surface area contributed by atoms with Gasteiger partial charge in [0.2, 0.25) is 5.91 Å². The van der Waals surface area contributed by atoms with Crippen LogP contribution in [0.5, 0.6) is 5.75 Å². The smallest absolute Gasteiger partial charge is 0.227 e. The molecular formula is C23H31N3O2. The molecule has 0 atom stereocenters. The van der Waals surface area contributed by atoms with E-state index in [9.17, 15) is 4.79 Å². The van der Waals surface area contributed by atoms with E-state index in [4.69, 9.17) is 4.74 Å². The summed E-state index contributed by atoms with van der Waals surface area (Å²) in [7, 11) is 1.69. The molecule has 5 nitrogen and oxygen atoms in total. The molecule has 0 saturated carbocycles. The van der Waals surface area contributed by atoms with Crippen LogP contribution in [0.15, 0.2) is 48.5 Å². The number of anilines is 3. The van der Waals surface area contributed by atoms with Gasteiger partial charge in [-0.1, -0.05) is 13.8 Å². The van der Waals surface area contributed by atoms with Crippen molar-refractivity contribution in [3.63, 3.8) is 0 Å². The van der Waals surface area contributed by atoms with Crippen molar-refractivity contribution in [2.24, 2.45) is 5.92 Å². The van der Waals surface area contributed by atoms with Crippen molar-refractivity contribution in [3.05, 3.63) is 48.5 Å². The first-order valence-electron chi connectivity index (χ1n) is 10.2. The minimum Gasteiger partial charge on any atom is -0.497 e. The van der Waals surface area contributed by atoms with Gasteiger partial charge in [-0.3, -0.25) is 4.79 Å². The summed E-state index contributed by atoms with van der Waals surface area (Å²) in [6.45, 7) is 8.04. The first kappa shape index (κ1) is 20.1. The molecule has 0 spiro atoms. The fourth-order valence-electron chi connectivity index (χ4n) is 3.68. The average Bonchev–Trinajstić information content (AvgIpc) is 2.75. The molecule has 1 N–H and O–H groups in total. The van der Waals surface area contributed by atoms with Crippen molar-refractivity contribution in [2.75, 3.05) is 48.4 Å². The number of rotatable bonds is 7. The molecule has 1 saturated heterocycles. The van der Waals surface area contributed by atoms with Gasteiger partial charge in [-0.2, -0.15) is 0 Å². The van der Waals surface area contributed by atoms with Gasteiger partial charge in [0.25, 0.3) is 0 Å². The summed E-state index contributed by atoms with van der Waals surface area (Å²) in [5.41, 5.74) is 3.31. The lowest BCUT2D eigenvalue weighted by atomic mass is 10.0. The highest BCUT2D eigenvalue weighted by Gasteiger charge is 2.18. The third kappa shape index (κ3) is 4.77. The summed E-state index contributed by atoms with van der Waals surface area (Å²) in [6, 6.07) is 16.5. The Hall–Kier alpha value is -2.69. The van der Waals surface area contributed by atoms with E-state index in [-0.39, 0.29) is 11.8 Å². The molecule has 5 heteroatoms. The predicted molar refractivity (Wildman–Crippen MR) is 117 cm³/mol. The summed E-state index contributed by atoms with van der Waals surface area (Å²) in [5, 5.41) is 3.04. The van der Waals surface area contributed by atoms with Crippen LogP contribution in [0.4, 0.5) is 17.1 Å². The van der Waals surface area contributed by atoms with Crippen molar-refractivity contribution in [1.29, 1.82) is 0 Å². The maximum atomic E-state index is 12.2. The molecule has 0 aromatic heterocycles. The van der Waals surface area contributed by atoms with Crippen LogP contribution in [0.2, 0.25) is 0 Å². The monoisotopic (exact) mass is 381 g/mol. The highest BCUT2D eigenvalue weighted by molar-refractivity contribution is 5.92. The SMILES string of the molecule is CCC(CC)C(=O)Nc1ccc(N2CCN(c3ccc(OC)cc3)CC2)cc1. The van der Waals surface area contributed by atoms with Gasteiger partial charge >= 0.3 is 0 Å². The van der Waals surface area contributed by atoms with E-state index in [1.54, 1.807) is 7.11 Å². The van der Waals surface area contributed by atoms with Crippen molar-refractivity contribution in [2.45, 2.75) is 26.7 Å². The quantitative estimate of drug-likeness (QED) is 0.772. The number of hydrogen-bond donors (Lipinski definition) is 1. The van der Waals surface area contributed by atoms with Gasteiger partial charge in [0.15, 0.2) is 0 Å². The van der Waals surface area contributed by atoms with Crippen LogP contribution in [0.25, 0.3) is 0 Å². The Morgan fingerprint density at radius 3 is 1.79 bits per heavy atom. The van der Waals surface area contributed by atoms with Crippen LogP contribution in [0, 0.1) is 5.92 Å². The van der Waals surface area contributed by atoms with Crippen LogP contribution in [0.1, 0.15) is 26.7 Å². The number of carbonyl (C=O) groups excluding carboxylic acids is 1. The highest BCUT2D eigenvalue weighted by Crippen LogP contribution is 2.24. The number of ether oxygens (including phenoxy) is 1. The summed E-state index contributed by atoms with van der Waals surface area (Å²) < 4.78 is 5.24. The largest absolute Gasteiger partial charge is 0.497 e. The van der Waals surface area contributed by atoms with E-state index in [1.165, 1.54) is 11.4 Å². The Balaban J connectivity index is 1.54. The highest BCUT2D eigenvalue weighted by atomic mass is 16.5. The van der Waals surface area contributed by atoms with E-state index >= 15 is 0 Å². The van der Waals surface area contributed by atoms with Gasteiger partial charge in [0.05, 0.1) is 7.11 Å². The average molecular weight is 382 g/mol. The van der Waals surface area contributed by atoms with E-state index in [2.05, 4.69) is 53.2 Å². The molecular weight excluding hydrogens is 350 g/mol. The molecule has 3 rings (SSSR count). The zero-order chi connectivity index (χ0) is 19.9. The molecule has 1 fully saturated rings. The molecule has 0 unspecified atom stereocenters. The minimum absolute atomic E-state index is 0.0886. The first-order valence-corrected chi connectivity index (χ1v) is 10.2. The van der Waals surface area contributed by atoms with Crippen molar-refractivity contribution < 1.29 is 9.53 Å². The number of benzene rings is 2. The van der Waals surface area contributed by atoms with Gasteiger partial charge in [-0.15, -0.1) is 0 Å². The third-order valence-corrected chi connectivity index (χ3v) is 5.57. The summed E-state index contributed by atoms with van der Waals surface area (Å²) in [4.78, 5) is 17.0. The molecule has 1 heterocycles. The lowest BCUT2D eigenvalue weighted by Crippen LogP contribution is -2.46. The van der Waals surface area contributed by atoms with Gasteiger partial charge in [-0.05, 0) is 61.4 Å². The molecule has 0 aliphatic carbocycles. The third-order valence-electron chi connectivity index (χ3n) is 5.57. The Morgan fingerprint density at radius 2 is 1.36 bits per heavy atom. The van der Waals surface area contributed by atoms with Gasteiger partial charge in [0.1, 0.15) is 5.75 Å². The Bertz CT molecular complexity index is 746.